The highest BCUT2D eigenvalue weighted by molar-refractivity contribution is 14.0. The van der Waals surface area contributed by atoms with Gasteiger partial charge in [-0.2, -0.15) is 0 Å². The van der Waals surface area contributed by atoms with E-state index in [0.29, 0.717) is 12.5 Å². The molecule has 1 aromatic heterocycles. The van der Waals surface area contributed by atoms with Crippen molar-refractivity contribution < 1.29 is 18.0 Å². The molecule has 142 valence electrons. The number of aromatic nitrogens is 1. The van der Waals surface area contributed by atoms with Crippen LogP contribution in [0.4, 0.5) is 18.9 Å². The Balaban J connectivity index is 0.00000338. The molecule has 0 saturated carbocycles. The molecule has 0 atom stereocenters. The minimum absolute atomic E-state index is 0. The second-order valence-corrected chi connectivity index (χ2v) is 6.23. The number of guanidine groups is 1. The minimum atomic E-state index is -1.64. The van der Waals surface area contributed by atoms with Gasteiger partial charge < -0.3 is 16.0 Å². The van der Waals surface area contributed by atoms with Crippen LogP contribution >= 0.6 is 35.3 Å². The summed E-state index contributed by atoms with van der Waals surface area (Å²) < 4.78 is 39.5. The third-order valence-electron chi connectivity index (χ3n) is 3.03. The van der Waals surface area contributed by atoms with Crippen molar-refractivity contribution in [1.29, 1.82) is 0 Å². The van der Waals surface area contributed by atoms with Crippen LogP contribution in [0.5, 0.6) is 0 Å². The predicted octanol–water partition coefficient (Wildman–Crippen LogP) is 2.79. The number of amides is 1. The molecule has 1 amide bonds. The van der Waals surface area contributed by atoms with E-state index in [9.17, 15) is 18.0 Å². The Morgan fingerprint density at radius 3 is 2.58 bits per heavy atom. The average Bonchev–Trinajstić information content (AvgIpc) is 3.01. The van der Waals surface area contributed by atoms with Crippen molar-refractivity contribution in [3.63, 3.8) is 0 Å². The normalized spacial score (nSPS) is 10.9. The van der Waals surface area contributed by atoms with E-state index in [1.165, 1.54) is 18.4 Å². The van der Waals surface area contributed by atoms with Crippen LogP contribution in [-0.4, -0.2) is 30.4 Å². The fraction of sp³-hybridized carbons (Fsp3) is 0.267. The third-order valence-corrected chi connectivity index (χ3v) is 3.94. The molecule has 2 rings (SSSR count). The fourth-order valence-electron chi connectivity index (χ4n) is 1.84. The molecule has 1 aromatic carbocycles. The Hall–Kier alpha value is -1.89. The van der Waals surface area contributed by atoms with Crippen LogP contribution in [0.2, 0.25) is 0 Å². The zero-order valence-electron chi connectivity index (χ0n) is 13.9. The summed E-state index contributed by atoms with van der Waals surface area (Å²) in [5, 5.41) is 8.71. The molecule has 0 saturated heterocycles. The van der Waals surface area contributed by atoms with E-state index in [1.54, 1.807) is 6.20 Å². The largest absolute Gasteiger partial charge is 0.350 e. The van der Waals surface area contributed by atoms with Crippen LogP contribution in [0, 0.1) is 24.4 Å². The molecule has 0 unspecified atom stereocenters. The van der Waals surface area contributed by atoms with Crippen LogP contribution in [0.1, 0.15) is 9.88 Å². The number of halogens is 4. The smallest absolute Gasteiger partial charge is 0.243 e. The van der Waals surface area contributed by atoms with Gasteiger partial charge in [-0.3, -0.25) is 9.79 Å². The first-order valence-corrected chi connectivity index (χ1v) is 8.01. The summed E-state index contributed by atoms with van der Waals surface area (Å²) in [5.41, 5.74) is -0.438. The van der Waals surface area contributed by atoms with Gasteiger partial charge in [-0.25, -0.2) is 18.2 Å². The van der Waals surface area contributed by atoms with Crippen molar-refractivity contribution in [3.05, 3.63) is 45.7 Å². The highest BCUT2D eigenvalue weighted by Gasteiger charge is 2.15. The molecule has 2 aromatic rings. The summed E-state index contributed by atoms with van der Waals surface area (Å²) in [5.74, 6) is -4.71. The Morgan fingerprint density at radius 2 is 1.96 bits per heavy atom. The van der Waals surface area contributed by atoms with Gasteiger partial charge in [0.15, 0.2) is 23.4 Å². The molecule has 0 spiro atoms. The van der Waals surface area contributed by atoms with E-state index >= 15 is 0 Å². The molecule has 0 bridgehead atoms. The van der Waals surface area contributed by atoms with Crippen LogP contribution in [0.3, 0.4) is 0 Å². The van der Waals surface area contributed by atoms with Crippen LogP contribution in [0.25, 0.3) is 0 Å². The van der Waals surface area contributed by atoms with Crippen molar-refractivity contribution in [2.45, 2.75) is 13.5 Å². The minimum Gasteiger partial charge on any atom is -0.350 e. The topological polar surface area (TPSA) is 78.4 Å². The number of hydrogen-bond acceptors (Lipinski definition) is 4. The quantitative estimate of drug-likeness (QED) is 0.256. The lowest BCUT2D eigenvalue weighted by Gasteiger charge is -2.11. The molecule has 0 aliphatic heterocycles. The summed E-state index contributed by atoms with van der Waals surface area (Å²) in [6.07, 6.45) is 1.75. The Morgan fingerprint density at radius 1 is 1.23 bits per heavy atom. The third kappa shape index (κ3) is 6.12. The summed E-state index contributed by atoms with van der Waals surface area (Å²) in [4.78, 5) is 21.0. The molecule has 26 heavy (non-hydrogen) atoms. The van der Waals surface area contributed by atoms with Gasteiger partial charge in [-0.15, -0.1) is 35.3 Å². The summed E-state index contributed by atoms with van der Waals surface area (Å²) >= 11 is 1.53. The predicted molar refractivity (Wildman–Crippen MR) is 105 cm³/mol. The summed E-state index contributed by atoms with van der Waals surface area (Å²) in [6.45, 7) is 2.13. The van der Waals surface area contributed by atoms with E-state index in [1.807, 2.05) is 6.92 Å². The molecule has 0 aliphatic rings. The van der Waals surface area contributed by atoms with Gasteiger partial charge in [-0.05, 0) is 19.1 Å². The number of rotatable bonds is 5. The first kappa shape index (κ1) is 22.2. The number of thiazole rings is 1. The number of nitrogens with one attached hydrogen (secondary N) is 3. The van der Waals surface area contributed by atoms with Gasteiger partial charge in [-0.1, -0.05) is 0 Å². The standard InChI is InChI=1S/C15H16F3N5OS.HI/c1-8-5-20-12(25-8)7-22-15(19-2)21-6-11(24)23-10-4-3-9(16)13(17)14(10)18;/h3-5H,6-7H2,1-2H3,(H,23,24)(H2,19,21,22);1H. The molecular weight excluding hydrogens is 482 g/mol. The zero-order valence-corrected chi connectivity index (χ0v) is 17.0. The zero-order chi connectivity index (χ0) is 18.4. The maximum absolute atomic E-state index is 13.5. The second kappa shape index (κ2) is 10.3. The maximum atomic E-state index is 13.5. The van der Waals surface area contributed by atoms with Crippen molar-refractivity contribution in [1.82, 2.24) is 15.6 Å². The highest BCUT2D eigenvalue weighted by Crippen LogP contribution is 2.19. The first-order valence-electron chi connectivity index (χ1n) is 7.20. The number of aryl methyl sites for hydroxylation is 1. The van der Waals surface area contributed by atoms with Crippen LogP contribution in [-0.2, 0) is 11.3 Å². The average molecular weight is 499 g/mol. The molecule has 1 heterocycles. The monoisotopic (exact) mass is 499 g/mol. The molecule has 0 aliphatic carbocycles. The molecule has 0 fully saturated rings. The van der Waals surface area contributed by atoms with Gasteiger partial charge in [0.2, 0.25) is 5.91 Å². The van der Waals surface area contributed by atoms with Gasteiger partial charge in [0.25, 0.3) is 0 Å². The highest BCUT2D eigenvalue weighted by atomic mass is 127. The summed E-state index contributed by atoms with van der Waals surface area (Å²) in [6, 6.07) is 1.68. The SMILES string of the molecule is CN=C(NCC(=O)Nc1ccc(F)c(F)c1F)NCc1ncc(C)s1.I. The molecule has 3 N–H and O–H groups in total. The molecule has 11 heteroatoms. The number of carbonyl (C=O) groups excluding carboxylic acids is 1. The summed E-state index contributed by atoms with van der Waals surface area (Å²) in [7, 11) is 1.52. The van der Waals surface area contributed by atoms with Crippen molar-refractivity contribution in [3.8, 4) is 0 Å². The van der Waals surface area contributed by atoms with Crippen LogP contribution in [0.15, 0.2) is 23.3 Å². The Kier molecular flexibility index (Phi) is 8.78. The number of aliphatic imine (C=N–C) groups is 1. The Bertz CT molecular complexity index is 800. The van der Waals surface area contributed by atoms with E-state index < -0.39 is 29.0 Å². The molecule has 0 radical (unpaired) electrons. The number of hydrogen-bond donors (Lipinski definition) is 3. The van der Waals surface area contributed by atoms with E-state index in [4.69, 9.17) is 0 Å². The molecular formula is C15H17F3IN5OS. The van der Waals surface area contributed by atoms with Gasteiger partial charge >= 0.3 is 0 Å². The van der Waals surface area contributed by atoms with Gasteiger partial charge in [0.05, 0.1) is 18.8 Å². The van der Waals surface area contributed by atoms with Crippen molar-refractivity contribution >= 4 is 52.9 Å². The number of carbonyl (C=O) groups is 1. The van der Waals surface area contributed by atoms with E-state index in [2.05, 4.69) is 25.9 Å². The lowest BCUT2D eigenvalue weighted by Crippen LogP contribution is -2.41. The fourth-order valence-corrected chi connectivity index (χ4v) is 2.57. The van der Waals surface area contributed by atoms with Gasteiger partial charge in [0.1, 0.15) is 5.01 Å². The lowest BCUT2D eigenvalue weighted by atomic mass is 10.2. The second-order valence-electron chi connectivity index (χ2n) is 4.92. The van der Waals surface area contributed by atoms with Gasteiger partial charge in [0, 0.05) is 18.1 Å². The number of nitrogens with zero attached hydrogens (tertiary/aromatic N) is 2. The van der Waals surface area contributed by atoms with E-state index in [0.717, 1.165) is 22.0 Å². The first-order chi connectivity index (χ1) is 11.9. The van der Waals surface area contributed by atoms with Crippen LogP contribution < -0.4 is 16.0 Å². The van der Waals surface area contributed by atoms with Crippen molar-refractivity contribution in [2.24, 2.45) is 4.99 Å². The van der Waals surface area contributed by atoms with Crippen molar-refractivity contribution in [2.75, 3.05) is 18.9 Å². The number of anilines is 1. The van der Waals surface area contributed by atoms with E-state index in [-0.39, 0.29) is 30.5 Å². The Labute approximate surface area is 169 Å². The maximum Gasteiger partial charge on any atom is 0.243 e. The lowest BCUT2D eigenvalue weighted by molar-refractivity contribution is -0.115. The number of benzene rings is 1. The molecule has 6 nitrogen and oxygen atoms in total.